The van der Waals surface area contributed by atoms with Gasteiger partial charge in [-0.3, -0.25) is 14.5 Å². The van der Waals surface area contributed by atoms with Crippen molar-refractivity contribution < 1.29 is 14.0 Å². The average molecular weight is 587 g/mol. The lowest BCUT2D eigenvalue weighted by molar-refractivity contribution is -0.117. The van der Waals surface area contributed by atoms with Crippen LogP contribution in [-0.2, 0) is 22.6 Å². The SMILES string of the molecule is N#C/C(C(=O)NCc1ccco1)=C1/SC(Cc2ccc(Br)cc2)C(=O)N1c1ccc(Br)cc1. The smallest absolute Gasteiger partial charge is 0.265 e. The highest BCUT2D eigenvalue weighted by Gasteiger charge is 2.40. The van der Waals surface area contributed by atoms with Crippen molar-refractivity contribution in [3.8, 4) is 6.07 Å². The molecular formula is C24H17Br2N3O3S. The Morgan fingerprint density at radius 3 is 2.36 bits per heavy atom. The van der Waals surface area contributed by atoms with E-state index in [0.29, 0.717) is 22.9 Å². The Labute approximate surface area is 211 Å². The molecule has 0 aliphatic carbocycles. The van der Waals surface area contributed by atoms with Crippen molar-refractivity contribution in [3.05, 3.63) is 97.8 Å². The number of furan rings is 1. The van der Waals surface area contributed by atoms with Crippen molar-refractivity contribution in [2.45, 2.75) is 18.2 Å². The van der Waals surface area contributed by atoms with Crippen LogP contribution in [0.3, 0.4) is 0 Å². The van der Waals surface area contributed by atoms with Crippen LogP contribution in [-0.4, -0.2) is 17.1 Å². The van der Waals surface area contributed by atoms with E-state index in [1.165, 1.54) is 22.9 Å². The van der Waals surface area contributed by atoms with Crippen LogP contribution >= 0.6 is 43.6 Å². The molecular weight excluding hydrogens is 570 g/mol. The van der Waals surface area contributed by atoms with Crippen molar-refractivity contribution in [1.29, 1.82) is 5.26 Å². The molecule has 9 heteroatoms. The Morgan fingerprint density at radius 1 is 1.09 bits per heavy atom. The van der Waals surface area contributed by atoms with Gasteiger partial charge in [0.25, 0.3) is 5.91 Å². The van der Waals surface area contributed by atoms with Gasteiger partial charge >= 0.3 is 0 Å². The number of amides is 2. The van der Waals surface area contributed by atoms with Gasteiger partial charge in [0.2, 0.25) is 5.91 Å². The normalized spacial score (nSPS) is 17.1. The number of anilines is 1. The topological polar surface area (TPSA) is 86.3 Å². The number of halogens is 2. The number of nitrogens with zero attached hydrogens (tertiary/aromatic N) is 2. The van der Waals surface area contributed by atoms with Crippen molar-refractivity contribution in [3.63, 3.8) is 0 Å². The van der Waals surface area contributed by atoms with Gasteiger partial charge in [0.05, 0.1) is 18.1 Å². The van der Waals surface area contributed by atoms with Crippen molar-refractivity contribution in [1.82, 2.24) is 5.32 Å². The number of nitriles is 1. The Balaban J connectivity index is 1.67. The zero-order valence-corrected chi connectivity index (χ0v) is 21.1. The molecule has 0 saturated carbocycles. The van der Waals surface area contributed by atoms with Crippen LogP contribution in [0.15, 0.2) is 90.9 Å². The van der Waals surface area contributed by atoms with Gasteiger partial charge in [0, 0.05) is 14.6 Å². The standard InChI is InChI=1S/C24H17Br2N3O3S/c25-16-5-3-15(4-6-16)12-21-23(31)29(18-9-7-17(26)8-10-18)24(33-21)20(13-27)22(30)28-14-19-2-1-11-32-19/h1-11,21H,12,14H2,(H,28,30)/b24-20-. The molecule has 1 fully saturated rings. The summed E-state index contributed by atoms with van der Waals surface area (Å²) in [6.07, 6.45) is 1.98. The minimum absolute atomic E-state index is 0.110. The summed E-state index contributed by atoms with van der Waals surface area (Å²) in [7, 11) is 0. The Bertz CT molecular complexity index is 1230. The van der Waals surface area contributed by atoms with Gasteiger partial charge in [0.1, 0.15) is 22.4 Å². The fourth-order valence-electron chi connectivity index (χ4n) is 3.32. The molecule has 2 amide bonds. The fraction of sp³-hybridized carbons (Fsp3) is 0.125. The van der Waals surface area contributed by atoms with Crippen LogP contribution in [0.1, 0.15) is 11.3 Å². The molecule has 1 unspecified atom stereocenters. The van der Waals surface area contributed by atoms with Crippen LogP contribution in [0.2, 0.25) is 0 Å². The predicted molar refractivity (Wildman–Crippen MR) is 134 cm³/mol. The van der Waals surface area contributed by atoms with Gasteiger partial charge in [-0.25, -0.2) is 0 Å². The first kappa shape index (κ1) is 23.4. The van der Waals surface area contributed by atoms with E-state index in [-0.39, 0.29) is 18.0 Å². The third kappa shape index (κ3) is 5.41. The van der Waals surface area contributed by atoms with E-state index in [9.17, 15) is 14.9 Å². The molecule has 6 nitrogen and oxygen atoms in total. The van der Waals surface area contributed by atoms with E-state index in [4.69, 9.17) is 4.42 Å². The lowest BCUT2D eigenvalue weighted by atomic mass is 10.1. The second kappa shape index (κ2) is 10.4. The van der Waals surface area contributed by atoms with Gasteiger partial charge < -0.3 is 9.73 Å². The maximum atomic E-state index is 13.5. The predicted octanol–water partition coefficient (Wildman–Crippen LogP) is 5.55. The molecule has 1 saturated heterocycles. The molecule has 166 valence electrons. The molecule has 4 rings (SSSR count). The number of rotatable bonds is 6. The summed E-state index contributed by atoms with van der Waals surface area (Å²) in [4.78, 5) is 27.8. The summed E-state index contributed by atoms with van der Waals surface area (Å²) in [6.45, 7) is 0.142. The van der Waals surface area contributed by atoms with Crippen molar-refractivity contribution in [2.75, 3.05) is 4.90 Å². The number of nitrogens with one attached hydrogen (secondary N) is 1. The van der Waals surface area contributed by atoms with E-state index in [2.05, 4.69) is 37.2 Å². The maximum Gasteiger partial charge on any atom is 0.265 e. The summed E-state index contributed by atoms with van der Waals surface area (Å²) in [5.74, 6) is -0.166. The molecule has 0 spiro atoms. The van der Waals surface area contributed by atoms with E-state index in [0.717, 1.165) is 14.5 Å². The van der Waals surface area contributed by atoms with E-state index in [1.807, 2.05) is 42.5 Å². The highest BCUT2D eigenvalue weighted by atomic mass is 79.9. The lowest BCUT2D eigenvalue weighted by Crippen LogP contribution is -2.32. The Morgan fingerprint density at radius 2 is 1.76 bits per heavy atom. The van der Waals surface area contributed by atoms with Gasteiger partial charge in [-0.05, 0) is 60.5 Å². The van der Waals surface area contributed by atoms with Gasteiger partial charge in [-0.1, -0.05) is 55.8 Å². The van der Waals surface area contributed by atoms with Crippen LogP contribution in [0.4, 0.5) is 5.69 Å². The first-order valence-corrected chi connectivity index (χ1v) is 12.4. The summed E-state index contributed by atoms with van der Waals surface area (Å²) >= 11 is 8.06. The molecule has 1 aromatic heterocycles. The second-order valence-electron chi connectivity index (χ2n) is 7.14. The number of benzene rings is 2. The quantitative estimate of drug-likeness (QED) is 0.302. The highest BCUT2D eigenvalue weighted by Crippen LogP contribution is 2.42. The van der Waals surface area contributed by atoms with Crippen LogP contribution in [0.25, 0.3) is 0 Å². The minimum Gasteiger partial charge on any atom is -0.467 e. The van der Waals surface area contributed by atoms with Gasteiger partial charge in [0.15, 0.2) is 0 Å². The Hall–Kier alpha value is -2.80. The Kier molecular flexibility index (Phi) is 7.38. The number of carbonyl (C=O) groups is 2. The molecule has 1 atom stereocenters. The molecule has 0 radical (unpaired) electrons. The van der Waals surface area contributed by atoms with Gasteiger partial charge in [-0.15, -0.1) is 0 Å². The number of carbonyl (C=O) groups excluding carboxylic acids is 2. The highest BCUT2D eigenvalue weighted by molar-refractivity contribution is 9.10. The molecule has 0 bridgehead atoms. The maximum absolute atomic E-state index is 13.5. The van der Waals surface area contributed by atoms with Crippen molar-refractivity contribution >= 4 is 61.1 Å². The van der Waals surface area contributed by atoms with Gasteiger partial charge in [-0.2, -0.15) is 5.26 Å². The first-order valence-electron chi connectivity index (χ1n) is 9.92. The second-order valence-corrected chi connectivity index (χ2v) is 10.2. The monoisotopic (exact) mass is 585 g/mol. The first-order chi connectivity index (χ1) is 16.0. The largest absolute Gasteiger partial charge is 0.467 e. The molecule has 2 aromatic carbocycles. The molecule has 33 heavy (non-hydrogen) atoms. The summed E-state index contributed by atoms with van der Waals surface area (Å²) < 4.78 is 7.05. The lowest BCUT2D eigenvalue weighted by Gasteiger charge is -2.18. The molecule has 1 N–H and O–H groups in total. The molecule has 2 heterocycles. The molecule has 1 aliphatic rings. The number of thioether (sulfide) groups is 1. The van der Waals surface area contributed by atoms with E-state index in [1.54, 1.807) is 24.3 Å². The third-order valence-corrected chi connectivity index (χ3v) is 7.25. The van der Waals surface area contributed by atoms with E-state index >= 15 is 0 Å². The molecule has 3 aromatic rings. The summed E-state index contributed by atoms with van der Waals surface area (Å²) in [5.41, 5.74) is 1.47. The summed E-state index contributed by atoms with van der Waals surface area (Å²) in [6, 6.07) is 20.4. The van der Waals surface area contributed by atoms with Crippen molar-refractivity contribution in [2.24, 2.45) is 0 Å². The van der Waals surface area contributed by atoms with Crippen LogP contribution in [0, 0.1) is 11.3 Å². The summed E-state index contributed by atoms with van der Waals surface area (Å²) in [5, 5.41) is 12.4. The van der Waals surface area contributed by atoms with E-state index < -0.39 is 11.2 Å². The zero-order valence-electron chi connectivity index (χ0n) is 17.1. The molecule has 1 aliphatic heterocycles. The average Bonchev–Trinajstić information content (AvgIpc) is 3.44. The zero-order chi connectivity index (χ0) is 23.4. The number of hydrogen-bond acceptors (Lipinski definition) is 5. The van der Waals surface area contributed by atoms with Crippen LogP contribution < -0.4 is 10.2 Å². The fourth-order valence-corrected chi connectivity index (χ4v) is 5.15. The third-order valence-electron chi connectivity index (χ3n) is 4.93. The minimum atomic E-state index is -0.560. The number of hydrogen-bond donors (Lipinski definition) is 1. The van der Waals surface area contributed by atoms with Crippen LogP contribution in [0.5, 0.6) is 0 Å².